The van der Waals surface area contributed by atoms with Crippen LogP contribution in [0.5, 0.6) is 0 Å². The SMILES string of the molecule is Cc1ccccc1CC(=O)N1CC[C@]2(C1)Cn1c(nn(CC3CCC3)c(=O)c1=O)CO2. The summed E-state index contributed by atoms with van der Waals surface area (Å²) in [7, 11) is 0. The first kappa shape index (κ1) is 20.2. The van der Waals surface area contributed by atoms with E-state index >= 15 is 0 Å². The molecular weight excluding hydrogens is 396 g/mol. The van der Waals surface area contributed by atoms with Gasteiger partial charge in [-0.1, -0.05) is 30.7 Å². The van der Waals surface area contributed by atoms with Crippen molar-refractivity contribution >= 4 is 5.91 Å². The van der Waals surface area contributed by atoms with Crippen LogP contribution in [0.25, 0.3) is 0 Å². The molecular formula is C23H28N4O4. The summed E-state index contributed by atoms with van der Waals surface area (Å²) in [6.07, 6.45) is 4.33. The average Bonchev–Trinajstić information content (AvgIpc) is 3.14. The molecule has 2 aromatic rings. The number of aryl methyl sites for hydroxylation is 1. The number of likely N-dealkylation sites (tertiary alicyclic amines) is 1. The molecule has 1 saturated carbocycles. The van der Waals surface area contributed by atoms with Gasteiger partial charge in [-0.2, -0.15) is 5.10 Å². The molecule has 1 amide bonds. The Hall–Kier alpha value is -2.74. The normalized spacial score (nSPS) is 23.1. The highest BCUT2D eigenvalue weighted by Crippen LogP contribution is 2.32. The minimum atomic E-state index is -0.632. The topological polar surface area (TPSA) is 86.4 Å². The van der Waals surface area contributed by atoms with Gasteiger partial charge in [0.15, 0.2) is 5.82 Å². The number of fused-ring (bicyclic) bond motifs is 1. The average molecular weight is 425 g/mol. The van der Waals surface area contributed by atoms with Gasteiger partial charge >= 0.3 is 11.1 Å². The molecule has 5 rings (SSSR count). The maximum absolute atomic E-state index is 12.9. The number of amides is 1. The predicted molar refractivity (Wildman–Crippen MR) is 114 cm³/mol. The lowest BCUT2D eigenvalue weighted by Crippen LogP contribution is -2.53. The van der Waals surface area contributed by atoms with Gasteiger partial charge in [0.05, 0.1) is 19.5 Å². The molecule has 2 aliphatic heterocycles. The second kappa shape index (κ2) is 7.75. The Balaban J connectivity index is 1.31. The third-order valence-corrected chi connectivity index (χ3v) is 7.09. The lowest BCUT2D eigenvalue weighted by molar-refractivity contribution is -0.132. The zero-order valence-electron chi connectivity index (χ0n) is 17.9. The minimum Gasteiger partial charge on any atom is -0.363 e. The fourth-order valence-electron chi connectivity index (χ4n) is 4.83. The summed E-state index contributed by atoms with van der Waals surface area (Å²) in [5.41, 5.74) is 0.404. The van der Waals surface area contributed by atoms with Gasteiger partial charge in [-0.3, -0.25) is 19.0 Å². The van der Waals surface area contributed by atoms with Gasteiger partial charge in [-0.05, 0) is 43.2 Å². The number of hydrogen-bond acceptors (Lipinski definition) is 5. The van der Waals surface area contributed by atoms with Crippen molar-refractivity contribution in [3.63, 3.8) is 0 Å². The van der Waals surface area contributed by atoms with Crippen LogP contribution < -0.4 is 11.1 Å². The van der Waals surface area contributed by atoms with Crippen molar-refractivity contribution in [2.24, 2.45) is 5.92 Å². The molecule has 8 nitrogen and oxygen atoms in total. The number of carbonyl (C=O) groups excluding carboxylic acids is 1. The number of rotatable bonds is 4. The third-order valence-electron chi connectivity index (χ3n) is 7.09. The lowest BCUT2D eigenvalue weighted by atomic mass is 9.85. The van der Waals surface area contributed by atoms with E-state index in [2.05, 4.69) is 5.10 Å². The highest BCUT2D eigenvalue weighted by molar-refractivity contribution is 5.79. The highest BCUT2D eigenvalue weighted by Gasteiger charge is 2.44. The third kappa shape index (κ3) is 3.73. The molecule has 1 spiro atoms. The number of ether oxygens (including phenoxy) is 1. The van der Waals surface area contributed by atoms with Crippen LogP contribution in [0.2, 0.25) is 0 Å². The zero-order valence-corrected chi connectivity index (χ0v) is 17.9. The van der Waals surface area contributed by atoms with Gasteiger partial charge in [0, 0.05) is 13.1 Å². The minimum absolute atomic E-state index is 0.0574. The summed E-state index contributed by atoms with van der Waals surface area (Å²) < 4.78 is 8.97. The summed E-state index contributed by atoms with van der Waals surface area (Å²) in [5, 5.41) is 4.43. The number of carbonyl (C=O) groups is 1. The summed E-state index contributed by atoms with van der Waals surface area (Å²) in [4.78, 5) is 40.1. The summed E-state index contributed by atoms with van der Waals surface area (Å²) >= 11 is 0. The Bertz CT molecular complexity index is 1130. The highest BCUT2D eigenvalue weighted by atomic mass is 16.5. The Morgan fingerprint density at radius 2 is 2.00 bits per heavy atom. The van der Waals surface area contributed by atoms with E-state index in [1.54, 1.807) is 0 Å². The molecule has 1 aromatic carbocycles. The Labute approximate surface area is 180 Å². The number of benzene rings is 1. The van der Waals surface area contributed by atoms with Crippen LogP contribution in [0, 0.1) is 12.8 Å². The molecule has 0 radical (unpaired) electrons. The summed E-state index contributed by atoms with van der Waals surface area (Å²) in [5.74, 6) is 0.993. The molecule has 1 aliphatic carbocycles. The van der Waals surface area contributed by atoms with Gasteiger partial charge in [0.1, 0.15) is 12.2 Å². The molecule has 0 unspecified atom stereocenters. The van der Waals surface area contributed by atoms with E-state index in [1.807, 2.05) is 36.1 Å². The quantitative estimate of drug-likeness (QED) is 0.690. The van der Waals surface area contributed by atoms with Crippen LogP contribution in [0.3, 0.4) is 0 Å². The van der Waals surface area contributed by atoms with Crippen molar-refractivity contribution in [2.45, 2.75) is 64.3 Å². The van der Waals surface area contributed by atoms with Gasteiger partial charge in [-0.25, -0.2) is 4.68 Å². The largest absolute Gasteiger partial charge is 0.363 e. The maximum Gasteiger partial charge on any atom is 0.332 e. The first-order valence-corrected chi connectivity index (χ1v) is 11.1. The molecule has 3 heterocycles. The molecule has 3 aliphatic rings. The molecule has 1 aromatic heterocycles. The Kier molecular flexibility index (Phi) is 5.04. The van der Waals surface area contributed by atoms with Crippen LogP contribution >= 0.6 is 0 Å². The zero-order chi connectivity index (χ0) is 21.6. The van der Waals surface area contributed by atoms with Crippen LogP contribution in [0.4, 0.5) is 0 Å². The Morgan fingerprint density at radius 3 is 2.74 bits per heavy atom. The van der Waals surface area contributed by atoms with Crippen LogP contribution in [-0.4, -0.2) is 43.8 Å². The molecule has 0 N–H and O–H groups in total. The molecule has 2 fully saturated rings. The van der Waals surface area contributed by atoms with Gasteiger partial charge in [-0.15, -0.1) is 0 Å². The van der Waals surface area contributed by atoms with E-state index in [0.29, 0.717) is 44.2 Å². The summed E-state index contributed by atoms with van der Waals surface area (Å²) in [6, 6.07) is 7.89. The number of hydrogen-bond donors (Lipinski definition) is 0. The van der Waals surface area contributed by atoms with Crippen LogP contribution in [-0.2, 0) is 35.6 Å². The van der Waals surface area contributed by atoms with E-state index in [-0.39, 0.29) is 19.1 Å². The van der Waals surface area contributed by atoms with Crippen LogP contribution in [0.15, 0.2) is 33.9 Å². The van der Waals surface area contributed by atoms with Crippen molar-refractivity contribution in [2.75, 3.05) is 13.1 Å². The van der Waals surface area contributed by atoms with Crippen molar-refractivity contribution in [1.82, 2.24) is 19.2 Å². The fourth-order valence-corrected chi connectivity index (χ4v) is 4.83. The van der Waals surface area contributed by atoms with E-state index < -0.39 is 16.7 Å². The summed E-state index contributed by atoms with van der Waals surface area (Å²) in [6.45, 7) is 3.97. The first-order chi connectivity index (χ1) is 14.9. The van der Waals surface area contributed by atoms with Crippen molar-refractivity contribution < 1.29 is 9.53 Å². The number of aromatic nitrogens is 3. The second-order valence-corrected chi connectivity index (χ2v) is 9.23. The standard InChI is InChI=1S/C23H28N4O4/c1-16-5-2-3-8-18(16)11-20(28)25-10-9-23(14-25)15-26-19(13-31-23)24-27(22(30)21(26)29)12-17-6-4-7-17/h2-3,5,8,17H,4,6-7,9-15H2,1H3/t23-/m0/s1. The monoisotopic (exact) mass is 424 g/mol. The van der Waals surface area contributed by atoms with E-state index in [1.165, 1.54) is 15.7 Å². The second-order valence-electron chi connectivity index (χ2n) is 9.23. The van der Waals surface area contributed by atoms with E-state index in [4.69, 9.17) is 4.74 Å². The fraction of sp³-hybridized carbons (Fsp3) is 0.565. The Morgan fingerprint density at radius 1 is 1.19 bits per heavy atom. The molecule has 1 atom stereocenters. The van der Waals surface area contributed by atoms with Crippen molar-refractivity contribution in [3.8, 4) is 0 Å². The van der Waals surface area contributed by atoms with E-state index in [9.17, 15) is 14.4 Å². The van der Waals surface area contributed by atoms with Crippen molar-refractivity contribution in [1.29, 1.82) is 0 Å². The van der Waals surface area contributed by atoms with Gasteiger partial charge < -0.3 is 9.64 Å². The molecule has 164 valence electrons. The molecule has 0 bridgehead atoms. The molecule has 31 heavy (non-hydrogen) atoms. The van der Waals surface area contributed by atoms with Gasteiger partial charge in [0.2, 0.25) is 5.91 Å². The maximum atomic E-state index is 12.9. The first-order valence-electron chi connectivity index (χ1n) is 11.1. The smallest absolute Gasteiger partial charge is 0.332 e. The van der Waals surface area contributed by atoms with Gasteiger partial charge in [0.25, 0.3) is 0 Å². The van der Waals surface area contributed by atoms with Crippen molar-refractivity contribution in [3.05, 3.63) is 61.9 Å². The van der Waals surface area contributed by atoms with E-state index in [0.717, 1.165) is 24.0 Å². The molecule has 8 heteroatoms. The predicted octanol–water partition coefficient (Wildman–Crippen LogP) is 1.26. The lowest BCUT2D eigenvalue weighted by Gasteiger charge is -2.35. The number of nitrogens with zero attached hydrogens (tertiary/aromatic N) is 4. The molecule has 1 saturated heterocycles. The van der Waals surface area contributed by atoms with Crippen LogP contribution in [0.1, 0.15) is 42.6 Å².